The topological polar surface area (TPSA) is 59.3 Å². The summed E-state index contributed by atoms with van der Waals surface area (Å²) in [5.41, 5.74) is -2.27. The molecule has 0 heterocycles. The van der Waals surface area contributed by atoms with Gasteiger partial charge in [0.25, 0.3) is 0 Å². The molecule has 1 aromatic carbocycles. The lowest BCUT2D eigenvalue weighted by Crippen LogP contribution is -2.15. The zero-order valence-corrected chi connectivity index (χ0v) is 15.5. The SMILES string of the molecule is COCc1c(F)c(F)c(COC(=O)[C@@H]2[C@@H](CC(C)C#N)C2(C)C)c(F)c1F. The Labute approximate surface area is 155 Å². The van der Waals surface area contributed by atoms with Crippen molar-refractivity contribution in [2.75, 3.05) is 7.11 Å². The highest BCUT2D eigenvalue weighted by Gasteiger charge is 2.62. The Morgan fingerprint density at radius 2 is 1.59 bits per heavy atom. The van der Waals surface area contributed by atoms with Crippen molar-refractivity contribution in [2.45, 2.75) is 40.4 Å². The van der Waals surface area contributed by atoms with E-state index in [1.54, 1.807) is 6.92 Å². The van der Waals surface area contributed by atoms with E-state index in [9.17, 15) is 22.4 Å². The number of methoxy groups -OCH3 is 1. The summed E-state index contributed by atoms with van der Waals surface area (Å²) in [4.78, 5) is 12.3. The number of ether oxygens (including phenoxy) is 2. The van der Waals surface area contributed by atoms with E-state index in [1.807, 2.05) is 13.8 Å². The second kappa shape index (κ2) is 7.85. The number of nitriles is 1. The number of hydrogen-bond acceptors (Lipinski definition) is 4. The van der Waals surface area contributed by atoms with Gasteiger partial charge in [0.1, 0.15) is 6.61 Å². The summed E-state index contributed by atoms with van der Waals surface area (Å²) in [5, 5.41) is 8.90. The van der Waals surface area contributed by atoms with E-state index in [0.29, 0.717) is 6.42 Å². The van der Waals surface area contributed by atoms with Crippen molar-refractivity contribution in [1.29, 1.82) is 5.26 Å². The average molecular weight is 387 g/mol. The fourth-order valence-electron chi connectivity index (χ4n) is 3.44. The Hall–Kier alpha value is -2.14. The first kappa shape index (κ1) is 21.2. The predicted molar refractivity (Wildman–Crippen MR) is 86.9 cm³/mol. The molecule has 0 saturated heterocycles. The smallest absolute Gasteiger partial charge is 0.310 e. The zero-order valence-electron chi connectivity index (χ0n) is 15.5. The highest BCUT2D eigenvalue weighted by Crippen LogP contribution is 2.61. The Kier molecular flexibility index (Phi) is 6.15. The third-order valence-corrected chi connectivity index (χ3v) is 5.22. The van der Waals surface area contributed by atoms with Crippen molar-refractivity contribution in [3.63, 3.8) is 0 Å². The molecule has 0 aliphatic heterocycles. The van der Waals surface area contributed by atoms with E-state index in [0.717, 1.165) is 7.11 Å². The summed E-state index contributed by atoms with van der Waals surface area (Å²) in [7, 11) is 1.13. The van der Waals surface area contributed by atoms with Crippen molar-refractivity contribution >= 4 is 5.97 Å². The molecular formula is C19H21F4NO3. The van der Waals surface area contributed by atoms with Gasteiger partial charge in [-0.25, -0.2) is 17.6 Å². The number of carbonyl (C=O) groups excluding carboxylic acids is 1. The van der Waals surface area contributed by atoms with Crippen LogP contribution < -0.4 is 0 Å². The lowest BCUT2D eigenvalue weighted by Gasteiger charge is -2.12. The van der Waals surface area contributed by atoms with Gasteiger partial charge in [-0.05, 0) is 24.7 Å². The van der Waals surface area contributed by atoms with Gasteiger partial charge in [-0.2, -0.15) is 5.26 Å². The normalized spacial score (nSPS) is 21.4. The Morgan fingerprint density at radius 1 is 1.11 bits per heavy atom. The van der Waals surface area contributed by atoms with Gasteiger partial charge in [-0.3, -0.25) is 4.79 Å². The highest BCUT2D eigenvalue weighted by atomic mass is 19.2. The fourth-order valence-corrected chi connectivity index (χ4v) is 3.44. The summed E-state index contributed by atoms with van der Waals surface area (Å²) in [6.07, 6.45) is 0.487. The molecule has 1 saturated carbocycles. The minimum atomic E-state index is -1.61. The lowest BCUT2D eigenvalue weighted by molar-refractivity contribution is -0.147. The second-order valence-electron chi connectivity index (χ2n) is 7.43. The van der Waals surface area contributed by atoms with Gasteiger partial charge in [0.05, 0.1) is 29.7 Å². The second-order valence-corrected chi connectivity index (χ2v) is 7.43. The predicted octanol–water partition coefficient (Wildman–Crippen LogP) is 4.25. The van der Waals surface area contributed by atoms with Crippen LogP contribution in [-0.4, -0.2) is 13.1 Å². The summed E-state index contributed by atoms with van der Waals surface area (Å²) < 4.78 is 65.5. The van der Waals surface area contributed by atoms with Crippen LogP contribution in [0.3, 0.4) is 0 Å². The minimum Gasteiger partial charge on any atom is -0.460 e. The van der Waals surface area contributed by atoms with Crippen molar-refractivity contribution < 1.29 is 31.8 Å². The van der Waals surface area contributed by atoms with Crippen LogP contribution in [0.5, 0.6) is 0 Å². The van der Waals surface area contributed by atoms with E-state index in [2.05, 4.69) is 10.8 Å². The number of rotatable bonds is 7. The van der Waals surface area contributed by atoms with Gasteiger partial charge in [0.2, 0.25) is 0 Å². The molecule has 1 aromatic rings. The number of halogens is 4. The molecular weight excluding hydrogens is 366 g/mol. The van der Waals surface area contributed by atoms with Gasteiger partial charge in [-0.1, -0.05) is 13.8 Å². The maximum absolute atomic E-state index is 14.1. The monoisotopic (exact) mass is 387 g/mol. The Bertz CT molecular complexity index is 759. The number of esters is 1. The molecule has 0 amide bonds. The van der Waals surface area contributed by atoms with Crippen molar-refractivity contribution in [1.82, 2.24) is 0 Å². The molecule has 0 spiro atoms. The molecule has 4 nitrogen and oxygen atoms in total. The van der Waals surface area contributed by atoms with E-state index < -0.39 is 64.9 Å². The van der Waals surface area contributed by atoms with Crippen LogP contribution in [0.25, 0.3) is 0 Å². The molecule has 27 heavy (non-hydrogen) atoms. The van der Waals surface area contributed by atoms with Gasteiger partial charge >= 0.3 is 5.97 Å². The molecule has 3 atom stereocenters. The first-order chi connectivity index (χ1) is 12.6. The molecule has 0 N–H and O–H groups in total. The summed E-state index contributed by atoms with van der Waals surface area (Å²) in [6, 6.07) is 2.09. The van der Waals surface area contributed by atoms with Crippen LogP contribution in [0.15, 0.2) is 0 Å². The van der Waals surface area contributed by atoms with Crippen LogP contribution in [0.1, 0.15) is 38.3 Å². The largest absolute Gasteiger partial charge is 0.460 e. The maximum Gasteiger partial charge on any atom is 0.310 e. The zero-order chi connectivity index (χ0) is 20.5. The summed E-state index contributed by atoms with van der Waals surface area (Å²) >= 11 is 0. The van der Waals surface area contributed by atoms with Crippen molar-refractivity contribution in [2.24, 2.45) is 23.2 Å². The summed E-state index contributed by atoms with van der Waals surface area (Å²) in [6.45, 7) is 3.82. The van der Waals surface area contributed by atoms with Gasteiger partial charge < -0.3 is 9.47 Å². The Balaban J connectivity index is 2.13. The number of benzene rings is 1. The molecule has 0 bridgehead atoms. The average Bonchev–Trinajstić information content (AvgIpc) is 3.16. The van der Waals surface area contributed by atoms with E-state index in [1.165, 1.54) is 0 Å². The van der Waals surface area contributed by atoms with Crippen LogP contribution in [-0.2, 0) is 27.5 Å². The third kappa shape index (κ3) is 3.93. The number of carbonyl (C=O) groups is 1. The van der Waals surface area contributed by atoms with Crippen LogP contribution >= 0.6 is 0 Å². The van der Waals surface area contributed by atoms with Gasteiger partial charge in [0.15, 0.2) is 23.3 Å². The fraction of sp³-hybridized carbons (Fsp3) is 0.579. The third-order valence-electron chi connectivity index (χ3n) is 5.22. The maximum atomic E-state index is 14.1. The van der Waals surface area contributed by atoms with E-state index in [-0.39, 0.29) is 11.8 Å². The van der Waals surface area contributed by atoms with Crippen LogP contribution in [0, 0.1) is 57.8 Å². The van der Waals surface area contributed by atoms with Crippen molar-refractivity contribution in [3.05, 3.63) is 34.4 Å². The number of nitrogens with zero attached hydrogens (tertiary/aromatic N) is 1. The Morgan fingerprint density at radius 3 is 2.04 bits per heavy atom. The lowest BCUT2D eigenvalue weighted by atomic mass is 10.0. The molecule has 0 aromatic heterocycles. The first-order valence-corrected chi connectivity index (χ1v) is 8.46. The molecule has 1 aliphatic carbocycles. The molecule has 0 radical (unpaired) electrons. The van der Waals surface area contributed by atoms with Crippen molar-refractivity contribution in [3.8, 4) is 6.07 Å². The van der Waals surface area contributed by atoms with Crippen LogP contribution in [0.2, 0.25) is 0 Å². The van der Waals surface area contributed by atoms with Crippen LogP contribution in [0.4, 0.5) is 17.6 Å². The molecule has 1 fully saturated rings. The number of hydrogen-bond donors (Lipinski definition) is 0. The van der Waals surface area contributed by atoms with E-state index >= 15 is 0 Å². The molecule has 8 heteroatoms. The molecule has 148 valence electrons. The molecule has 1 unspecified atom stereocenters. The quantitative estimate of drug-likeness (QED) is 0.399. The minimum absolute atomic E-state index is 0.105. The standard InChI is InChI=1S/C19H21F4NO3/c1-9(6-24)5-12-13(19(12,2)3)18(25)27-8-11-16(22)14(20)10(7-26-4)15(21)17(11)23/h9,12-13H,5,7-8H2,1-4H3/t9?,12-,13+/m1/s1. The molecule has 2 rings (SSSR count). The first-order valence-electron chi connectivity index (χ1n) is 8.46. The summed E-state index contributed by atoms with van der Waals surface area (Å²) in [5.74, 6) is -7.98. The molecule has 1 aliphatic rings. The van der Waals surface area contributed by atoms with Gasteiger partial charge in [0, 0.05) is 13.0 Å². The highest BCUT2D eigenvalue weighted by molar-refractivity contribution is 5.77. The van der Waals surface area contributed by atoms with Gasteiger partial charge in [-0.15, -0.1) is 0 Å². The van der Waals surface area contributed by atoms with E-state index in [4.69, 9.17) is 10.00 Å².